The lowest BCUT2D eigenvalue weighted by atomic mass is 10.1. The highest BCUT2D eigenvalue weighted by molar-refractivity contribution is 5.61. The second kappa shape index (κ2) is 6.88. The maximum Gasteiger partial charge on any atom is 0.165 e. The van der Waals surface area contributed by atoms with Gasteiger partial charge in [0.05, 0.1) is 0 Å². The van der Waals surface area contributed by atoms with Gasteiger partial charge in [-0.25, -0.2) is 4.39 Å². The number of benzene rings is 2. The van der Waals surface area contributed by atoms with Crippen molar-refractivity contribution in [2.75, 3.05) is 0 Å². The maximum absolute atomic E-state index is 13.4. The molecule has 0 amide bonds. The van der Waals surface area contributed by atoms with E-state index in [9.17, 15) is 4.39 Å². The standard InChI is InChI=1S/C17H11FN2O/c18-16-3-1-2-4-17(16)21-12-14-7-5-13(6-8-14)9-15(10-19)11-20/h1-9H,12H2. The first-order valence-corrected chi connectivity index (χ1v) is 6.21. The molecule has 0 aliphatic carbocycles. The molecule has 0 atom stereocenters. The molecular formula is C17H11FN2O. The monoisotopic (exact) mass is 278 g/mol. The first-order valence-electron chi connectivity index (χ1n) is 6.21. The normalized spacial score (nSPS) is 9.29. The van der Waals surface area contributed by atoms with Crippen LogP contribution >= 0.6 is 0 Å². The van der Waals surface area contributed by atoms with E-state index in [0.29, 0.717) is 0 Å². The van der Waals surface area contributed by atoms with Crippen molar-refractivity contribution in [1.29, 1.82) is 10.5 Å². The average molecular weight is 278 g/mol. The van der Waals surface area contributed by atoms with Crippen LogP contribution in [0.1, 0.15) is 11.1 Å². The van der Waals surface area contributed by atoms with Crippen molar-refractivity contribution in [2.45, 2.75) is 6.61 Å². The van der Waals surface area contributed by atoms with E-state index in [-0.39, 0.29) is 17.9 Å². The summed E-state index contributed by atoms with van der Waals surface area (Å²) in [6, 6.07) is 17.0. The second-order valence-electron chi connectivity index (χ2n) is 4.24. The van der Waals surface area contributed by atoms with Gasteiger partial charge in [0.15, 0.2) is 11.6 Å². The summed E-state index contributed by atoms with van der Waals surface area (Å²) in [5.41, 5.74) is 1.67. The largest absolute Gasteiger partial charge is 0.486 e. The molecule has 0 aliphatic rings. The molecule has 0 aliphatic heterocycles. The molecule has 0 aromatic heterocycles. The summed E-state index contributed by atoms with van der Waals surface area (Å²) in [7, 11) is 0. The fourth-order valence-corrected chi connectivity index (χ4v) is 1.69. The summed E-state index contributed by atoms with van der Waals surface area (Å²) >= 11 is 0. The summed E-state index contributed by atoms with van der Waals surface area (Å²) in [5.74, 6) is -0.192. The van der Waals surface area contributed by atoms with Crippen molar-refractivity contribution in [1.82, 2.24) is 0 Å². The van der Waals surface area contributed by atoms with Gasteiger partial charge in [-0.05, 0) is 29.3 Å². The smallest absolute Gasteiger partial charge is 0.165 e. The fraction of sp³-hybridized carbons (Fsp3) is 0.0588. The van der Waals surface area contributed by atoms with E-state index in [1.807, 2.05) is 0 Å². The second-order valence-corrected chi connectivity index (χ2v) is 4.24. The van der Waals surface area contributed by atoms with E-state index in [1.165, 1.54) is 12.1 Å². The summed E-state index contributed by atoms with van der Waals surface area (Å²) in [6.07, 6.45) is 1.50. The third-order valence-electron chi connectivity index (χ3n) is 2.76. The van der Waals surface area contributed by atoms with Crippen LogP contribution in [0.5, 0.6) is 5.75 Å². The predicted octanol–water partition coefficient (Wildman–Crippen LogP) is 3.84. The molecule has 0 saturated carbocycles. The van der Waals surface area contributed by atoms with Gasteiger partial charge in [0, 0.05) is 0 Å². The van der Waals surface area contributed by atoms with Crippen molar-refractivity contribution < 1.29 is 9.13 Å². The van der Waals surface area contributed by atoms with Crippen LogP contribution in [0.25, 0.3) is 6.08 Å². The number of halogens is 1. The molecule has 0 unspecified atom stereocenters. The Morgan fingerprint density at radius 2 is 1.71 bits per heavy atom. The quantitative estimate of drug-likeness (QED) is 0.798. The first kappa shape index (κ1) is 14.3. The Kier molecular flexibility index (Phi) is 4.69. The molecule has 3 nitrogen and oxygen atoms in total. The maximum atomic E-state index is 13.4. The van der Waals surface area contributed by atoms with Gasteiger partial charge in [-0.3, -0.25) is 0 Å². The van der Waals surface area contributed by atoms with Crippen molar-refractivity contribution in [3.63, 3.8) is 0 Å². The lowest BCUT2D eigenvalue weighted by Gasteiger charge is -2.07. The van der Waals surface area contributed by atoms with Gasteiger partial charge in [0.2, 0.25) is 0 Å². The summed E-state index contributed by atoms with van der Waals surface area (Å²) in [4.78, 5) is 0. The number of hydrogen-bond donors (Lipinski definition) is 0. The molecule has 2 aromatic rings. The molecule has 0 radical (unpaired) electrons. The number of allylic oxidation sites excluding steroid dienone is 1. The summed E-state index contributed by atoms with van der Waals surface area (Å²) in [5, 5.41) is 17.4. The topological polar surface area (TPSA) is 56.8 Å². The SMILES string of the molecule is N#CC(C#N)=Cc1ccc(COc2ccccc2F)cc1. The van der Waals surface area contributed by atoms with Crippen LogP contribution in [0.15, 0.2) is 54.1 Å². The van der Waals surface area contributed by atoms with Crippen molar-refractivity contribution >= 4 is 6.08 Å². The molecule has 0 bridgehead atoms. The highest BCUT2D eigenvalue weighted by atomic mass is 19.1. The van der Waals surface area contributed by atoms with Gasteiger partial charge in [-0.15, -0.1) is 0 Å². The van der Waals surface area contributed by atoms with Crippen LogP contribution < -0.4 is 4.74 Å². The van der Waals surface area contributed by atoms with Gasteiger partial charge in [0.25, 0.3) is 0 Å². The molecule has 4 heteroatoms. The highest BCUT2D eigenvalue weighted by Crippen LogP contribution is 2.17. The molecule has 0 saturated heterocycles. The molecule has 0 N–H and O–H groups in total. The van der Waals surface area contributed by atoms with Crippen molar-refractivity contribution in [3.05, 3.63) is 71.0 Å². The van der Waals surface area contributed by atoms with Gasteiger partial charge >= 0.3 is 0 Å². The molecule has 0 spiro atoms. The van der Waals surface area contributed by atoms with Crippen LogP contribution in [-0.4, -0.2) is 0 Å². The Morgan fingerprint density at radius 3 is 2.33 bits per heavy atom. The number of rotatable bonds is 4. The van der Waals surface area contributed by atoms with Gasteiger partial charge in [-0.2, -0.15) is 10.5 Å². The van der Waals surface area contributed by atoms with Crippen LogP contribution in [0, 0.1) is 28.5 Å². The molecule has 102 valence electrons. The van der Waals surface area contributed by atoms with Crippen LogP contribution in [0.2, 0.25) is 0 Å². The zero-order chi connectivity index (χ0) is 15.1. The van der Waals surface area contributed by atoms with Gasteiger partial charge in [0.1, 0.15) is 24.3 Å². The summed E-state index contributed by atoms with van der Waals surface area (Å²) in [6.45, 7) is 0.244. The van der Waals surface area contributed by atoms with E-state index < -0.39 is 5.82 Å². The van der Waals surface area contributed by atoms with Crippen molar-refractivity contribution in [2.24, 2.45) is 0 Å². The molecule has 2 aromatic carbocycles. The number of nitrogens with zero attached hydrogens (tertiary/aromatic N) is 2. The van der Waals surface area contributed by atoms with Crippen LogP contribution in [-0.2, 0) is 6.61 Å². The molecule has 2 rings (SSSR count). The highest BCUT2D eigenvalue weighted by Gasteiger charge is 2.02. The zero-order valence-corrected chi connectivity index (χ0v) is 11.1. The minimum Gasteiger partial charge on any atom is -0.486 e. The van der Waals surface area contributed by atoms with Gasteiger partial charge < -0.3 is 4.74 Å². The molecule has 0 heterocycles. The minimum absolute atomic E-state index is 0.0466. The number of hydrogen-bond acceptors (Lipinski definition) is 3. The Balaban J connectivity index is 2.04. The van der Waals surface area contributed by atoms with E-state index in [4.69, 9.17) is 15.3 Å². The van der Waals surface area contributed by atoms with Crippen LogP contribution in [0.4, 0.5) is 4.39 Å². The Labute approximate surface area is 122 Å². The predicted molar refractivity (Wildman–Crippen MR) is 76.4 cm³/mol. The van der Waals surface area contributed by atoms with Crippen LogP contribution in [0.3, 0.4) is 0 Å². The number of ether oxygens (including phenoxy) is 1. The van der Waals surface area contributed by atoms with E-state index in [1.54, 1.807) is 54.6 Å². The zero-order valence-electron chi connectivity index (χ0n) is 11.1. The lowest BCUT2D eigenvalue weighted by Crippen LogP contribution is -1.97. The van der Waals surface area contributed by atoms with Crippen molar-refractivity contribution in [3.8, 4) is 17.9 Å². The Morgan fingerprint density at radius 1 is 1.05 bits per heavy atom. The molecule has 21 heavy (non-hydrogen) atoms. The van der Waals surface area contributed by atoms with E-state index in [2.05, 4.69) is 0 Å². The molecular weight excluding hydrogens is 267 g/mol. The average Bonchev–Trinajstić information content (AvgIpc) is 2.53. The Bertz CT molecular complexity index is 721. The van der Waals surface area contributed by atoms with E-state index >= 15 is 0 Å². The number of nitriles is 2. The van der Waals surface area contributed by atoms with E-state index in [0.717, 1.165) is 11.1 Å². The Hall–Kier alpha value is -3.11. The third kappa shape index (κ3) is 3.92. The fourth-order valence-electron chi connectivity index (χ4n) is 1.69. The molecule has 0 fully saturated rings. The lowest BCUT2D eigenvalue weighted by molar-refractivity contribution is 0.290. The minimum atomic E-state index is -0.398. The third-order valence-corrected chi connectivity index (χ3v) is 2.76. The first-order chi connectivity index (χ1) is 10.2. The number of para-hydroxylation sites is 1. The van der Waals surface area contributed by atoms with Gasteiger partial charge in [-0.1, -0.05) is 36.4 Å². The summed E-state index contributed by atoms with van der Waals surface area (Å²) < 4.78 is 18.8.